The molecule has 1 fully saturated rings. The van der Waals surface area contributed by atoms with Gasteiger partial charge < -0.3 is 14.2 Å². The van der Waals surface area contributed by atoms with Gasteiger partial charge in [0, 0.05) is 4.47 Å². The number of halogens is 1. The molecule has 3 nitrogen and oxygen atoms in total. The van der Waals surface area contributed by atoms with Crippen LogP contribution in [0.4, 0.5) is 0 Å². The third-order valence-corrected chi connectivity index (χ3v) is 3.27. The summed E-state index contributed by atoms with van der Waals surface area (Å²) >= 11 is 3.52. The molecule has 0 spiro atoms. The molecule has 2 atom stereocenters. The summed E-state index contributed by atoms with van der Waals surface area (Å²) in [6, 6.07) is 5.90. The van der Waals surface area contributed by atoms with E-state index in [9.17, 15) is 0 Å². The van der Waals surface area contributed by atoms with Gasteiger partial charge in [-0.25, -0.2) is 0 Å². The minimum atomic E-state index is 0.0597. The Morgan fingerprint density at radius 3 is 2.88 bits per heavy atom. The molecule has 1 saturated heterocycles. The van der Waals surface area contributed by atoms with Crippen LogP contribution in [0.1, 0.15) is 18.6 Å². The van der Waals surface area contributed by atoms with Crippen LogP contribution in [0.3, 0.4) is 0 Å². The Balaban J connectivity index is 2.00. The molecule has 0 aliphatic carbocycles. The van der Waals surface area contributed by atoms with Gasteiger partial charge in [-0.3, -0.25) is 0 Å². The monoisotopic (exact) mass is 286 g/mol. The fourth-order valence-electron chi connectivity index (χ4n) is 1.47. The molecule has 0 radical (unpaired) electrons. The minimum absolute atomic E-state index is 0.0597. The first-order valence-corrected chi connectivity index (χ1v) is 6.06. The fraction of sp³-hybridized carbons (Fsp3) is 0.500. The van der Waals surface area contributed by atoms with Crippen LogP contribution >= 0.6 is 15.9 Å². The van der Waals surface area contributed by atoms with Crippen molar-refractivity contribution in [3.8, 4) is 5.75 Å². The zero-order chi connectivity index (χ0) is 11.5. The van der Waals surface area contributed by atoms with Crippen LogP contribution < -0.4 is 4.74 Å². The van der Waals surface area contributed by atoms with Gasteiger partial charge in [-0.2, -0.15) is 0 Å². The van der Waals surface area contributed by atoms with Crippen molar-refractivity contribution < 1.29 is 14.2 Å². The van der Waals surface area contributed by atoms with Gasteiger partial charge in [-0.05, 0) is 24.6 Å². The van der Waals surface area contributed by atoms with Crippen LogP contribution in [0.5, 0.6) is 5.75 Å². The van der Waals surface area contributed by atoms with E-state index < -0.39 is 0 Å². The highest BCUT2D eigenvalue weighted by atomic mass is 79.9. The van der Waals surface area contributed by atoms with Gasteiger partial charge in [0.1, 0.15) is 11.9 Å². The molecule has 0 amide bonds. The third-order valence-electron chi connectivity index (χ3n) is 2.58. The number of ether oxygens (including phenoxy) is 3. The van der Waals surface area contributed by atoms with E-state index in [1.807, 2.05) is 25.1 Å². The highest BCUT2D eigenvalue weighted by molar-refractivity contribution is 9.10. The standard InChI is InChI=1S/C12H15BrO3/c1-8(15-6-10-7-16-10)11-4-3-9(14-2)5-12(11)13/h3-5,8,10H,6-7H2,1-2H3/t8-,10?/m1/s1. The molecule has 4 heteroatoms. The van der Waals surface area contributed by atoms with Crippen molar-refractivity contribution >= 4 is 15.9 Å². The van der Waals surface area contributed by atoms with Crippen molar-refractivity contribution in [2.45, 2.75) is 19.1 Å². The molecule has 1 heterocycles. The van der Waals surface area contributed by atoms with Gasteiger partial charge in [-0.1, -0.05) is 22.0 Å². The topological polar surface area (TPSA) is 31.0 Å². The molecule has 0 aromatic heterocycles. The fourth-order valence-corrected chi connectivity index (χ4v) is 2.15. The first-order chi connectivity index (χ1) is 7.70. The van der Waals surface area contributed by atoms with Gasteiger partial charge in [0.2, 0.25) is 0 Å². The lowest BCUT2D eigenvalue weighted by Gasteiger charge is -2.15. The number of epoxide rings is 1. The van der Waals surface area contributed by atoms with Gasteiger partial charge in [0.15, 0.2) is 0 Å². The van der Waals surface area contributed by atoms with E-state index in [4.69, 9.17) is 14.2 Å². The maximum absolute atomic E-state index is 5.71. The number of methoxy groups -OCH3 is 1. The summed E-state index contributed by atoms with van der Waals surface area (Å²) in [5.74, 6) is 0.841. The van der Waals surface area contributed by atoms with Gasteiger partial charge in [0.05, 0.1) is 26.4 Å². The lowest BCUT2D eigenvalue weighted by atomic mass is 10.1. The maximum atomic E-state index is 5.71. The van der Waals surface area contributed by atoms with E-state index in [1.165, 1.54) is 0 Å². The Hall–Kier alpha value is -0.580. The van der Waals surface area contributed by atoms with Crippen molar-refractivity contribution in [3.05, 3.63) is 28.2 Å². The highest BCUT2D eigenvalue weighted by Crippen LogP contribution is 2.29. The van der Waals surface area contributed by atoms with Gasteiger partial charge in [-0.15, -0.1) is 0 Å². The molecule has 1 aromatic rings. The lowest BCUT2D eigenvalue weighted by Crippen LogP contribution is -2.06. The second-order valence-corrected chi connectivity index (χ2v) is 4.67. The van der Waals surface area contributed by atoms with Crippen LogP contribution in [0.25, 0.3) is 0 Å². The summed E-state index contributed by atoms with van der Waals surface area (Å²) in [5, 5.41) is 0. The summed E-state index contributed by atoms with van der Waals surface area (Å²) in [4.78, 5) is 0. The zero-order valence-corrected chi connectivity index (χ0v) is 11.0. The van der Waals surface area contributed by atoms with E-state index in [1.54, 1.807) is 7.11 Å². The van der Waals surface area contributed by atoms with Crippen LogP contribution in [0, 0.1) is 0 Å². The van der Waals surface area contributed by atoms with Gasteiger partial charge >= 0.3 is 0 Å². The molecular weight excluding hydrogens is 272 g/mol. The minimum Gasteiger partial charge on any atom is -0.497 e. The highest BCUT2D eigenvalue weighted by Gasteiger charge is 2.24. The van der Waals surface area contributed by atoms with E-state index in [2.05, 4.69) is 15.9 Å². The second kappa shape index (κ2) is 5.17. The third kappa shape index (κ3) is 2.97. The summed E-state index contributed by atoms with van der Waals surface area (Å²) in [6.45, 7) is 3.53. The van der Waals surface area contributed by atoms with Crippen LogP contribution in [-0.4, -0.2) is 26.4 Å². The number of hydrogen-bond donors (Lipinski definition) is 0. The average Bonchev–Trinajstić information content (AvgIpc) is 3.09. The number of rotatable bonds is 5. The normalized spacial score (nSPS) is 20.6. The van der Waals surface area contributed by atoms with Crippen molar-refractivity contribution in [1.82, 2.24) is 0 Å². The Bertz CT molecular complexity index is 363. The van der Waals surface area contributed by atoms with Crippen molar-refractivity contribution in [3.63, 3.8) is 0 Å². The molecule has 1 aliphatic heterocycles. The SMILES string of the molecule is COc1ccc([C@@H](C)OCC2CO2)c(Br)c1. The Morgan fingerprint density at radius 2 is 2.31 bits per heavy atom. The zero-order valence-electron chi connectivity index (χ0n) is 9.40. The molecule has 16 heavy (non-hydrogen) atoms. The Labute approximate surface area is 104 Å². The molecule has 1 aliphatic rings. The smallest absolute Gasteiger partial charge is 0.120 e. The van der Waals surface area contributed by atoms with Crippen LogP contribution in [0.2, 0.25) is 0 Å². The van der Waals surface area contributed by atoms with Gasteiger partial charge in [0.25, 0.3) is 0 Å². The summed E-state index contributed by atoms with van der Waals surface area (Å²) in [6.07, 6.45) is 0.365. The average molecular weight is 287 g/mol. The van der Waals surface area contributed by atoms with E-state index in [0.717, 1.165) is 22.4 Å². The van der Waals surface area contributed by atoms with E-state index in [-0.39, 0.29) is 6.10 Å². The molecule has 88 valence electrons. The predicted molar refractivity (Wildman–Crippen MR) is 64.8 cm³/mol. The quantitative estimate of drug-likeness (QED) is 0.780. The predicted octanol–water partition coefficient (Wildman–Crippen LogP) is 2.93. The Morgan fingerprint density at radius 1 is 1.56 bits per heavy atom. The summed E-state index contributed by atoms with van der Waals surface area (Å²) in [7, 11) is 1.66. The maximum Gasteiger partial charge on any atom is 0.120 e. The molecule has 0 saturated carbocycles. The first kappa shape index (κ1) is 11.9. The number of benzene rings is 1. The molecule has 2 rings (SSSR count). The lowest BCUT2D eigenvalue weighted by molar-refractivity contribution is 0.0535. The molecule has 0 N–H and O–H groups in total. The number of hydrogen-bond acceptors (Lipinski definition) is 3. The Kier molecular flexibility index (Phi) is 3.84. The largest absolute Gasteiger partial charge is 0.497 e. The van der Waals surface area contributed by atoms with Crippen molar-refractivity contribution in [1.29, 1.82) is 0 Å². The second-order valence-electron chi connectivity index (χ2n) is 3.82. The summed E-state index contributed by atoms with van der Waals surface area (Å²) in [5.41, 5.74) is 1.13. The van der Waals surface area contributed by atoms with Crippen molar-refractivity contribution in [2.75, 3.05) is 20.3 Å². The summed E-state index contributed by atoms with van der Waals surface area (Å²) < 4.78 is 17.0. The van der Waals surface area contributed by atoms with Crippen LogP contribution in [-0.2, 0) is 9.47 Å². The molecule has 1 unspecified atom stereocenters. The van der Waals surface area contributed by atoms with Crippen molar-refractivity contribution in [2.24, 2.45) is 0 Å². The first-order valence-electron chi connectivity index (χ1n) is 5.27. The molecular formula is C12H15BrO3. The van der Waals surface area contributed by atoms with E-state index in [0.29, 0.717) is 12.7 Å². The van der Waals surface area contributed by atoms with Crippen LogP contribution in [0.15, 0.2) is 22.7 Å². The molecule has 1 aromatic carbocycles. The van der Waals surface area contributed by atoms with E-state index >= 15 is 0 Å². The molecule has 0 bridgehead atoms.